The molecule has 110 valence electrons. The molecule has 0 aliphatic heterocycles. The van der Waals surface area contributed by atoms with E-state index in [2.05, 4.69) is 28.8 Å². The van der Waals surface area contributed by atoms with Crippen LogP contribution in [0.3, 0.4) is 0 Å². The summed E-state index contributed by atoms with van der Waals surface area (Å²) in [5.41, 5.74) is 9.54. The topological polar surface area (TPSA) is 95.7 Å². The number of nitrogens with two attached hydrogens (primary N) is 1. The third-order valence-electron chi connectivity index (χ3n) is 3.54. The monoisotopic (exact) mass is 294 g/mol. The zero-order valence-electron chi connectivity index (χ0n) is 12.2. The second-order valence-electron chi connectivity index (χ2n) is 5.38. The van der Waals surface area contributed by atoms with E-state index in [1.54, 1.807) is 6.20 Å². The van der Waals surface area contributed by atoms with Crippen molar-refractivity contribution in [3.8, 4) is 11.3 Å². The van der Waals surface area contributed by atoms with Gasteiger partial charge in [-0.3, -0.25) is 0 Å². The highest BCUT2D eigenvalue weighted by Crippen LogP contribution is 2.30. The summed E-state index contributed by atoms with van der Waals surface area (Å²) in [6.07, 6.45) is 3.32. The lowest BCUT2D eigenvalue weighted by Gasteiger charge is -2.04. The first-order valence-electron chi connectivity index (χ1n) is 6.98. The fourth-order valence-corrected chi connectivity index (χ4v) is 2.55. The Bertz CT molecular complexity index is 984. The van der Waals surface area contributed by atoms with Gasteiger partial charge >= 0.3 is 0 Å². The molecule has 3 heterocycles. The quantitative estimate of drug-likeness (QED) is 0.610. The Labute approximate surface area is 125 Å². The van der Waals surface area contributed by atoms with Gasteiger partial charge in [0.15, 0.2) is 11.2 Å². The van der Waals surface area contributed by atoms with E-state index in [-0.39, 0.29) is 12.1 Å². The van der Waals surface area contributed by atoms with Gasteiger partial charge in [-0.25, -0.2) is 14.6 Å². The Kier molecular flexibility index (Phi) is 2.62. The van der Waals surface area contributed by atoms with Gasteiger partial charge in [0.25, 0.3) is 6.01 Å². The highest BCUT2D eigenvalue weighted by Gasteiger charge is 2.16. The maximum Gasteiger partial charge on any atom is 0.292 e. The van der Waals surface area contributed by atoms with Crippen LogP contribution in [0.25, 0.3) is 33.4 Å². The van der Waals surface area contributed by atoms with Crippen LogP contribution in [-0.4, -0.2) is 24.7 Å². The average Bonchev–Trinajstić information content (AvgIpc) is 3.05. The molecule has 0 aliphatic carbocycles. The van der Waals surface area contributed by atoms with Crippen LogP contribution in [0.1, 0.15) is 19.9 Å². The molecule has 0 amide bonds. The van der Waals surface area contributed by atoms with E-state index in [9.17, 15) is 0 Å². The van der Waals surface area contributed by atoms with Crippen molar-refractivity contribution < 1.29 is 4.42 Å². The van der Waals surface area contributed by atoms with E-state index >= 15 is 0 Å². The van der Waals surface area contributed by atoms with E-state index in [0.717, 1.165) is 22.3 Å². The molecular weight excluding hydrogens is 280 g/mol. The third kappa shape index (κ3) is 1.82. The molecule has 0 saturated heterocycles. The highest BCUT2D eigenvalue weighted by molar-refractivity contribution is 5.93. The van der Waals surface area contributed by atoms with Crippen molar-refractivity contribution in [2.24, 2.45) is 0 Å². The van der Waals surface area contributed by atoms with Gasteiger partial charge in [-0.2, -0.15) is 10.1 Å². The second-order valence-corrected chi connectivity index (χ2v) is 5.38. The zero-order valence-corrected chi connectivity index (χ0v) is 12.2. The predicted molar refractivity (Wildman–Crippen MR) is 83.1 cm³/mol. The number of rotatable bonds is 2. The molecule has 2 N–H and O–H groups in total. The third-order valence-corrected chi connectivity index (χ3v) is 3.54. The van der Waals surface area contributed by atoms with Crippen LogP contribution in [-0.2, 0) is 0 Å². The maximum absolute atomic E-state index is 5.60. The number of nitrogens with zero attached hydrogens (tertiary/aromatic N) is 5. The molecule has 0 spiro atoms. The minimum absolute atomic E-state index is 0.160. The molecule has 3 aromatic heterocycles. The van der Waals surface area contributed by atoms with Gasteiger partial charge in [-0.1, -0.05) is 0 Å². The Hall–Kier alpha value is -2.96. The molecule has 0 saturated carbocycles. The molecule has 4 rings (SSSR count). The minimum atomic E-state index is 0.160. The van der Waals surface area contributed by atoms with Gasteiger partial charge in [-0.05, 0) is 32.0 Å². The van der Waals surface area contributed by atoms with E-state index in [1.807, 2.05) is 22.9 Å². The van der Waals surface area contributed by atoms with Gasteiger partial charge in [0.05, 0.1) is 5.39 Å². The van der Waals surface area contributed by atoms with Gasteiger partial charge in [-0.15, -0.1) is 0 Å². The summed E-state index contributed by atoms with van der Waals surface area (Å²) in [7, 11) is 0. The van der Waals surface area contributed by atoms with Crippen LogP contribution in [0.2, 0.25) is 0 Å². The summed E-state index contributed by atoms with van der Waals surface area (Å²) in [4.78, 5) is 12.6. The molecule has 0 unspecified atom stereocenters. The molecule has 0 atom stereocenters. The Balaban J connectivity index is 1.99. The first kappa shape index (κ1) is 12.8. The van der Waals surface area contributed by atoms with Gasteiger partial charge in [0, 0.05) is 17.8 Å². The summed E-state index contributed by atoms with van der Waals surface area (Å²) in [6, 6.07) is 6.06. The molecule has 0 radical (unpaired) electrons. The molecule has 0 fully saturated rings. The van der Waals surface area contributed by atoms with Crippen molar-refractivity contribution in [3.63, 3.8) is 0 Å². The number of anilines is 1. The molecule has 0 bridgehead atoms. The lowest BCUT2D eigenvalue weighted by atomic mass is 10.1. The number of fused-ring (bicyclic) bond motifs is 2. The number of hydrogen-bond acceptors (Lipinski definition) is 6. The van der Waals surface area contributed by atoms with Crippen LogP contribution in [0.4, 0.5) is 6.01 Å². The number of hydrogen-bond donors (Lipinski definition) is 1. The largest absolute Gasteiger partial charge is 0.424 e. The molecule has 22 heavy (non-hydrogen) atoms. The van der Waals surface area contributed by atoms with E-state index in [4.69, 9.17) is 15.2 Å². The second kappa shape index (κ2) is 4.52. The van der Waals surface area contributed by atoms with Crippen LogP contribution in [0.15, 0.2) is 35.1 Å². The van der Waals surface area contributed by atoms with Crippen molar-refractivity contribution in [3.05, 3.63) is 30.7 Å². The first-order valence-corrected chi connectivity index (χ1v) is 6.98. The van der Waals surface area contributed by atoms with Crippen LogP contribution < -0.4 is 5.73 Å². The Morgan fingerprint density at radius 2 is 2.14 bits per heavy atom. The summed E-state index contributed by atoms with van der Waals surface area (Å²) in [5.74, 6) is 0. The van der Waals surface area contributed by atoms with E-state index < -0.39 is 0 Å². The SMILES string of the molecule is CC(C)n1nc(-c2ccc3oc(N)nc3c2)c2cncnc21. The van der Waals surface area contributed by atoms with Crippen molar-refractivity contribution in [1.82, 2.24) is 24.7 Å². The summed E-state index contributed by atoms with van der Waals surface area (Å²) in [6.45, 7) is 4.14. The van der Waals surface area contributed by atoms with Crippen LogP contribution >= 0.6 is 0 Å². The van der Waals surface area contributed by atoms with Crippen molar-refractivity contribution in [1.29, 1.82) is 0 Å². The number of nitrogen functional groups attached to an aromatic ring is 1. The number of oxazole rings is 1. The minimum Gasteiger partial charge on any atom is -0.424 e. The van der Waals surface area contributed by atoms with Crippen LogP contribution in [0, 0.1) is 0 Å². The normalized spacial score (nSPS) is 11.8. The number of benzene rings is 1. The molecule has 1 aromatic carbocycles. The summed E-state index contributed by atoms with van der Waals surface area (Å²) < 4.78 is 7.20. The highest BCUT2D eigenvalue weighted by atomic mass is 16.4. The lowest BCUT2D eigenvalue weighted by molar-refractivity contribution is 0.548. The van der Waals surface area contributed by atoms with Crippen LogP contribution in [0.5, 0.6) is 0 Å². The van der Waals surface area contributed by atoms with Crippen molar-refractivity contribution in [2.45, 2.75) is 19.9 Å². The fraction of sp³-hybridized carbons (Fsp3) is 0.200. The molecule has 7 heteroatoms. The number of aromatic nitrogens is 5. The smallest absolute Gasteiger partial charge is 0.292 e. The zero-order chi connectivity index (χ0) is 15.3. The van der Waals surface area contributed by atoms with Gasteiger partial charge in [0.1, 0.15) is 17.5 Å². The summed E-state index contributed by atoms with van der Waals surface area (Å²) in [5, 5.41) is 5.61. The predicted octanol–water partition coefficient (Wildman–Crippen LogP) is 2.80. The fourth-order valence-electron chi connectivity index (χ4n) is 2.55. The molecule has 7 nitrogen and oxygen atoms in total. The molecule has 4 aromatic rings. The molecular formula is C15H14N6O. The Morgan fingerprint density at radius 1 is 1.27 bits per heavy atom. The van der Waals surface area contributed by atoms with Gasteiger partial charge in [0.2, 0.25) is 0 Å². The average molecular weight is 294 g/mol. The van der Waals surface area contributed by atoms with E-state index in [0.29, 0.717) is 11.1 Å². The maximum atomic E-state index is 5.60. The van der Waals surface area contributed by atoms with Crippen molar-refractivity contribution >= 4 is 28.1 Å². The van der Waals surface area contributed by atoms with E-state index in [1.165, 1.54) is 6.33 Å². The summed E-state index contributed by atoms with van der Waals surface area (Å²) >= 11 is 0. The van der Waals surface area contributed by atoms with Gasteiger partial charge < -0.3 is 10.2 Å². The molecule has 0 aliphatic rings. The Morgan fingerprint density at radius 3 is 2.95 bits per heavy atom. The first-order chi connectivity index (χ1) is 10.6. The van der Waals surface area contributed by atoms with Crippen molar-refractivity contribution in [2.75, 3.05) is 5.73 Å². The lowest BCUT2D eigenvalue weighted by Crippen LogP contribution is -2.03. The standard InChI is InChI=1S/C15H14N6O/c1-8(2)21-14-10(6-17-7-18-14)13(20-21)9-3-4-12-11(5-9)19-15(16)22-12/h3-8H,1-2H3,(H2,16,19).